The molecule has 0 radical (unpaired) electrons. The van der Waals surface area contributed by atoms with E-state index in [1.54, 1.807) is 23.7 Å². The monoisotopic (exact) mass is 438 g/mol. The summed E-state index contributed by atoms with van der Waals surface area (Å²) in [5.74, 6) is -1.28. The van der Waals surface area contributed by atoms with Gasteiger partial charge in [-0.15, -0.1) is 0 Å². The molecule has 2 unspecified atom stereocenters. The largest absolute Gasteiger partial charge is 0.326 e. The first-order chi connectivity index (χ1) is 13.6. The summed E-state index contributed by atoms with van der Waals surface area (Å²) in [6.45, 7) is 5.48. The molecule has 1 saturated heterocycles. The number of nitrogens with zero attached hydrogens (tertiary/aromatic N) is 2. The maximum absolute atomic E-state index is 12.6. The lowest BCUT2D eigenvalue weighted by Crippen LogP contribution is -2.25. The highest BCUT2D eigenvalue weighted by Gasteiger charge is 2.33. The van der Waals surface area contributed by atoms with Crippen LogP contribution in [-0.4, -0.2) is 41.5 Å². The number of sulfone groups is 1. The number of hydrogen-bond donors (Lipinski definition) is 2. The number of anilines is 2. The Labute approximate surface area is 174 Å². The third kappa shape index (κ3) is 4.97. The second-order valence-electron chi connectivity index (χ2n) is 7.32. The predicted octanol–water partition coefficient (Wildman–Crippen LogP) is 2.73. The Morgan fingerprint density at radius 1 is 1.24 bits per heavy atom. The molecule has 2 N–H and O–H groups in total. The van der Waals surface area contributed by atoms with Gasteiger partial charge in [0.25, 0.3) is 0 Å². The fraction of sp³-hybridized carbons (Fsp3) is 0.421. The summed E-state index contributed by atoms with van der Waals surface area (Å²) in [5.41, 5.74) is 2.55. The molecule has 2 aromatic rings. The molecule has 1 aliphatic heterocycles. The van der Waals surface area contributed by atoms with Crippen molar-refractivity contribution < 1.29 is 18.0 Å². The van der Waals surface area contributed by atoms with Gasteiger partial charge in [-0.3, -0.25) is 14.3 Å². The number of amides is 2. The Kier molecular flexibility index (Phi) is 6.00. The molecule has 1 fully saturated rings. The lowest BCUT2D eigenvalue weighted by atomic mass is 10.1. The van der Waals surface area contributed by atoms with Crippen LogP contribution in [0.4, 0.5) is 11.4 Å². The first-order valence-corrected chi connectivity index (χ1v) is 11.4. The molecule has 0 saturated carbocycles. The highest BCUT2D eigenvalue weighted by molar-refractivity contribution is 7.91. The number of halogens is 1. The summed E-state index contributed by atoms with van der Waals surface area (Å²) in [7, 11) is -3.14. The van der Waals surface area contributed by atoms with Gasteiger partial charge in [0.05, 0.1) is 33.8 Å². The van der Waals surface area contributed by atoms with Crippen LogP contribution in [0.1, 0.15) is 30.8 Å². The molecule has 3 rings (SSSR count). The lowest BCUT2D eigenvalue weighted by Gasteiger charge is -2.16. The van der Waals surface area contributed by atoms with Crippen LogP contribution in [0.15, 0.2) is 24.3 Å². The van der Waals surface area contributed by atoms with E-state index >= 15 is 0 Å². The molecule has 1 aromatic heterocycles. The van der Waals surface area contributed by atoms with E-state index in [9.17, 15) is 18.0 Å². The number of hydrogen-bond acceptors (Lipinski definition) is 5. The first kappa shape index (κ1) is 21.3. The number of rotatable bonds is 5. The predicted molar refractivity (Wildman–Crippen MR) is 112 cm³/mol. The normalized spacial score (nSPS) is 19.0. The smallest absolute Gasteiger partial charge is 0.248 e. The third-order valence-electron chi connectivity index (χ3n) is 4.89. The Morgan fingerprint density at radius 2 is 1.97 bits per heavy atom. The standard InChI is InChI=1S/C19H23ClN4O4S/c1-11-8-12(2)24(23-11)13(3)18(25)22-17-5-4-15(9-16(17)20)21-19(26)14-6-7-29(27,28)10-14/h4-5,8-9,13-14H,6-7,10H2,1-3H3,(H,21,26)(H,22,25). The van der Waals surface area contributed by atoms with Crippen molar-refractivity contribution in [2.45, 2.75) is 33.2 Å². The summed E-state index contributed by atoms with van der Waals surface area (Å²) in [5, 5.41) is 10.0. The first-order valence-electron chi connectivity index (χ1n) is 9.20. The van der Waals surface area contributed by atoms with Gasteiger partial charge in [-0.25, -0.2) is 8.42 Å². The molecular weight excluding hydrogens is 416 g/mol. The average Bonchev–Trinajstić information content (AvgIpc) is 3.17. The van der Waals surface area contributed by atoms with E-state index in [-0.39, 0.29) is 28.3 Å². The van der Waals surface area contributed by atoms with Crippen LogP contribution >= 0.6 is 11.6 Å². The molecule has 0 aliphatic carbocycles. The topological polar surface area (TPSA) is 110 Å². The van der Waals surface area contributed by atoms with Gasteiger partial charge in [0, 0.05) is 11.4 Å². The minimum absolute atomic E-state index is 0.0320. The van der Waals surface area contributed by atoms with Crippen LogP contribution in [0.3, 0.4) is 0 Å². The van der Waals surface area contributed by atoms with Crippen LogP contribution in [0.5, 0.6) is 0 Å². The quantitative estimate of drug-likeness (QED) is 0.745. The Balaban J connectivity index is 1.65. The molecule has 10 heteroatoms. The highest BCUT2D eigenvalue weighted by atomic mass is 35.5. The molecule has 2 amide bonds. The lowest BCUT2D eigenvalue weighted by molar-refractivity contribution is -0.119. The van der Waals surface area contributed by atoms with Gasteiger partial charge < -0.3 is 10.6 Å². The molecular formula is C19H23ClN4O4S. The molecule has 0 bridgehead atoms. The number of aromatic nitrogens is 2. The van der Waals surface area contributed by atoms with Crippen molar-refractivity contribution in [1.29, 1.82) is 0 Å². The Bertz CT molecular complexity index is 1060. The number of aryl methyl sites for hydroxylation is 2. The van der Waals surface area contributed by atoms with E-state index in [2.05, 4.69) is 15.7 Å². The fourth-order valence-electron chi connectivity index (χ4n) is 3.33. The number of carbonyl (C=O) groups excluding carboxylic acids is 2. The molecule has 29 heavy (non-hydrogen) atoms. The van der Waals surface area contributed by atoms with Crippen LogP contribution in [0.2, 0.25) is 5.02 Å². The van der Waals surface area contributed by atoms with Crippen molar-refractivity contribution in [1.82, 2.24) is 9.78 Å². The van der Waals surface area contributed by atoms with Crippen molar-refractivity contribution in [3.8, 4) is 0 Å². The van der Waals surface area contributed by atoms with Gasteiger partial charge in [-0.1, -0.05) is 11.6 Å². The third-order valence-corrected chi connectivity index (χ3v) is 6.97. The minimum atomic E-state index is -3.14. The Morgan fingerprint density at radius 3 is 2.52 bits per heavy atom. The van der Waals surface area contributed by atoms with Crippen LogP contribution in [0.25, 0.3) is 0 Å². The van der Waals surface area contributed by atoms with Crippen LogP contribution in [0, 0.1) is 19.8 Å². The molecule has 1 aromatic carbocycles. The number of carbonyl (C=O) groups is 2. The van der Waals surface area contributed by atoms with Gasteiger partial charge in [-0.2, -0.15) is 5.10 Å². The maximum Gasteiger partial charge on any atom is 0.248 e. The van der Waals surface area contributed by atoms with E-state index in [0.717, 1.165) is 11.4 Å². The van der Waals surface area contributed by atoms with E-state index in [1.807, 2.05) is 19.9 Å². The average molecular weight is 439 g/mol. The van der Waals surface area contributed by atoms with E-state index < -0.39 is 21.8 Å². The SMILES string of the molecule is Cc1cc(C)n(C(C)C(=O)Nc2ccc(NC(=O)C3CCS(=O)(=O)C3)cc2Cl)n1. The van der Waals surface area contributed by atoms with E-state index in [0.29, 0.717) is 17.8 Å². The zero-order valence-corrected chi connectivity index (χ0v) is 18.0. The minimum Gasteiger partial charge on any atom is -0.326 e. The number of nitrogens with one attached hydrogen (secondary N) is 2. The van der Waals surface area contributed by atoms with Crippen molar-refractivity contribution >= 4 is 44.6 Å². The Hall–Kier alpha value is -2.39. The van der Waals surface area contributed by atoms with E-state index in [1.165, 1.54) is 6.07 Å². The van der Waals surface area contributed by atoms with Crippen molar-refractivity contribution in [3.05, 3.63) is 40.7 Å². The summed E-state index contributed by atoms with van der Waals surface area (Å²) in [6, 6.07) is 6.09. The van der Waals surface area contributed by atoms with Gasteiger partial charge >= 0.3 is 0 Å². The molecule has 2 atom stereocenters. The van der Waals surface area contributed by atoms with Crippen molar-refractivity contribution in [3.63, 3.8) is 0 Å². The summed E-state index contributed by atoms with van der Waals surface area (Å²) < 4.78 is 24.7. The van der Waals surface area contributed by atoms with Crippen molar-refractivity contribution in [2.75, 3.05) is 22.1 Å². The molecule has 0 spiro atoms. The molecule has 2 heterocycles. The summed E-state index contributed by atoms with van der Waals surface area (Å²) >= 11 is 6.26. The number of benzene rings is 1. The zero-order valence-electron chi connectivity index (χ0n) is 16.4. The van der Waals surface area contributed by atoms with Gasteiger partial charge in [0.1, 0.15) is 6.04 Å². The fourth-order valence-corrected chi connectivity index (χ4v) is 5.30. The molecule has 1 aliphatic rings. The summed E-state index contributed by atoms with van der Waals surface area (Å²) in [6.07, 6.45) is 0.320. The second-order valence-corrected chi connectivity index (χ2v) is 9.96. The van der Waals surface area contributed by atoms with E-state index in [4.69, 9.17) is 11.6 Å². The zero-order chi connectivity index (χ0) is 21.3. The van der Waals surface area contributed by atoms with Gasteiger partial charge in [-0.05, 0) is 51.5 Å². The van der Waals surface area contributed by atoms with Gasteiger partial charge in [0.15, 0.2) is 9.84 Å². The summed E-state index contributed by atoms with van der Waals surface area (Å²) in [4.78, 5) is 24.8. The van der Waals surface area contributed by atoms with Gasteiger partial charge in [0.2, 0.25) is 11.8 Å². The highest BCUT2D eigenvalue weighted by Crippen LogP contribution is 2.28. The van der Waals surface area contributed by atoms with Crippen LogP contribution < -0.4 is 10.6 Å². The molecule has 8 nitrogen and oxygen atoms in total. The van der Waals surface area contributed by atoms with Crippen molar-refractivity contribution in [2.24, 2.45) is 5.92 Å². The second kappa shape index (κ2) is 8.16. The van der Waals surface area contributed by atoms with Crippen LogP contribution in [-0.2, 0) is 19.4 Å². The maximum atomic E-state index is 12.6. The molecule has 156 valence electrons.